The minimum atomic E-state index is -0.500. The van der Waals surface area contributed by atoms with Gasteiger partial charge in [0.05, 0.1) is 11.3 Å². The fourth-order valence-electron chi connectivity index (χ4n) is 3.45. The Labute approximate surface area is 127 Å². The summed E-state index contributed by atoms with van der Waals surface area (Å²) < 4.78 is 5.95. The van der Waals surface area contributed by atoms with E-state index in [1.54, 1.807) is 11.4 Å². The summed E-state index contributed by atoms with van der Waals surface area (Å²) in [6.45, 7) is 0.643. The fourth-order valence-corrected chi connectivity index (χ4v) is 4.16. The van der Waals surface area contributed by atoms with Gasteiger partial charge < -0.3 is 15.8 Å². The zero-order valence-electron chi connectivity index (χ0n) is 11.9. The number of thiophene rings is 1. The smallest absolute Gasteiger partial charge is 0.260 e. The number of amides is 2. The van der Waals surface area contributed by atoms with Crippen LogP contribution in [0.3, 0.4) is 0 Å². The van der Waals surface area contributed by atoms with Gasteiger partial charge in [0.15, 0.2) is 0 Å². The van der Waals surface area contributed by atoms with Crippen molar-refractivity contribution in [3.05, 3.63) is 16.3 Å². The number of carbonyl (C=O) groups is 2. The average Bonchev–Trinajstić information content (AvgIpc) is 3.09. The number of rotatable bonds is 3. The van der Waals surface area contributed by atoms with E-state index >= 15 is 0 Å². The normalized spacial score (nSPS) is 24.1. The number of hydrogen-bond donors (Lipinski definition) is 2. The summed E-state index contributed by atoms with van der Waals surface area (Å²) >= 11 is 1.25. The number of nitrogens with two attached hydrogens (primary N) is 1. The molecule has 0 aromatic carbocycles. The van der Waals surface area contributed by atoms with Gasteiger partial charge in [-0.1, -0.05) is 12.8 Å². The summed E-state index contributed by atoms with van der Waals surface area (Å²) in [6, 6.07) is 1.73. The first-order valence-electron chi connectivity index (χ1n) is 7.42. The second-order valence-electron chi connectivity index (χ2n) is 5.95. The van der Waals surface area contributed by atoms with Crippen LogP contribution in [0.25, 0.3) is 0 Å². The molecule has 5 nitrogen and oxygen atoms in total. The summed E-state index contributed by atoms with van der Waals surface area (Å²) in [4.78, 5) is 24.2. The van der Waals surface area contributed by atoms with Gasteiger partial charge in [0, 0.05) is 12.5 Å². The molecule has 1 saturated carbocycles. The van der Waals surface area contributed by atoms with Gasteiger partial charge in [0.25, 0.3) is 5.91 Å². The number of primary amides is 1. The number of hydrogen-bond acceptors (Lipinski definition) is 4. The second kappa shape index (κ2) is 5.77. The van der Waals surface area contributed by atoms with Gasteiger partial charge in [0.1, 0.15) is 4.88 Å². The molecule has 3 N–H and O–H groups in total. The summed E-state index contributed by atoms with van der Waals surface area (Å²) in [5.74, 6) is -0.567. The zero-order valence-corrected chi connectivity index (χ0v) is 12.7. The Balaban J connectivity index is 1.67. The van der Waals surface area contributed by atoms with Crippen LogP contribution in [0.1, 0.15) is 48.2 Å². The van der Waals surface area contributed by atoms with Crippen molar-refractivity contribution in [3.8, 4) is 0 Å². The van der Waals surface area contributed by atoms with Crippen molar-refractivity contribution >= 4 is 28.8 Å². The molecule has 1 saturated heterocycles. The van der Waals surface area contributed by atoms with Gasteiger partial charge in [-0.25, -0.2) is 0 Å². The van der Waals surface area contributed by atoms with E-state index in [1.807, 2.05) is 0 Å². The highest BCUT2D eigenvalue weighted by atomic mass is 32.1. The molecule has 21 heavy (non-hydrogen) atoms. The van der Waals surface area contributed by atoms with Crippen LogP contribution < -0.4 is 11.1 Å². The standard InChI is InChI=1S/C15H20N2O3S/c16-13(18)12-11(4-8-21-12)17-14(19)10-3-7-20-15(9-10)5-1-2-6-15/h4,8,10H,1-3,5-7,9H2,(H2,16,18)(H,17,19). The van der Waals surface area contributed by atoms with Crippen LogP contribution in [-0.4, -0.2) is 24.0 Å². The zero-order chi connectivity index (χ0) is 14.9. The van der Waals surface area contributed by atoms with Gasteiger partial charge in [-0.2, -0.15) is 0 Å². The van der Waals surface area contributed by atoms with Crippen LogP contribution >= 0.6 is 11.3 Å². The predicted molar refractivity (Wildman–Crippen MR) is 81.3 cm³/mol. The molecular formula is C15H20N2O3S. The molecule has 2 heterocycles. The number of anilines is 1. The van der Waals surface area contributed by atoms with Crippen molar-refractivity contribution in [2.45, 2.75) is 44.1 Å². The molecule has 1 aliphatic carbocycles. The monoisotopic (exact) mass is 308 g/mol. The van der Waals surface area contributed by atoms with Crippen LogP contribution in [0, 0.1) is 5.92 Å². The highest BCUT2D eigenvalue weighted by molar-refractivity contribution is 7.12. The molecule has 1 unspecified atom stereocenters. The molecular weight excluding hydrogens is 288 g/mol. The molecule has 2 amide bonds. The average molecular weight is 308 g/mol. The first kappa shape index (κ1) is 14.5. The van der Waals surface area contributed by atoms with Crippen molar-refractivity contribution < 1.29 is 14.3 Å². The molecule has 2 aliphatic rings. The van der Waals surface area contributed by atoms with E-state index in [-0.39, 0.29) is 17.4 Å². The topological polar surface area (TPSA) is 81.4 Å². The highest BCUT2D eigenvalue weighted by Crippen LogP contribution is 2.42. The maximum absolute atomic E-state index is 12.5. The minimum Gasteiger partial charge on any atom is -0.375 e. The van der Waals surface area contributed by atoms with Gasteiger partial charge in [-0.3, -0.25) is 9.59 Å². The Bertz CT molecular complexity index is 549. The third kappa shape index (κ3) is 2.96. The molecule has 1 aromatic heterocycles. The molecule has 1 aliphatic heterocycles. The molecule has 0 bridgehead atoms. The maximum atomic E-state index is 12.5. The van der Waals surface area contributed by atoms with Crippen molar-refractivity contribution in [1.82, 2.24) is 0 Å². The van der Waals surface area contributed by atoms with E-state index in [9.17, 15) is 9.59 Å². The molecule has 6 heteroatoms. The first-order valence-corrected chi connectivity index (χ1v) is 8.30. The largest absolute Gasteiger partial charge is 0.375 e. The van der Waals surface area contributed by atoms with Gasteiger partial charge in [-0.15, -0.1) is 11.3 Å². The molecule has 1 spiro atoms. The SMILES string of the molecule is NC(=O)c1sccc1NC(=O)C1CCOC2(CCCC2)C1. The Morgan fingerprint density at radius 1 is 1.38 bits per heavy atom. The molecule has 1 aromatic rings. The van der Waals surface area contributed by atoms with E-state index in [0.717, 1.165) is 25.7 Å². The van der Waals surface area contributed by atoms with E-state index in [1.165, 1.54) is 24.2 Å². The third-order valence-corrected chi connectivity index (χ3v) is 5.45. The van der Waals surface area contributed by atoms with E-state index in [0.29, 0.717) is 17.2 Å². The number of carbonyl (C=O) groups excluding carboxylic acids is 2. The van der Waals surface area contributed by atoms with Gasteiger partial charge in [-0.05, 0) is 37.1 Å². The van der Waals surface area contributed by atoms with Crippen molar-refractivity contribution in [1.29, 1.82) is 0 Å². The van der Waals surface area contributed by atoms with Crippen LogP contribution in [0.2, 0.25) is 0 Å². The quantitative estimate of drug-likeness (QED) is 0.900. The van der Waals surface area contributed by atoms with Crippen LogP contribution in [0.4, 0.5) is 5.69 Å². The lowest BCUT2D eigenvalue weighted by molar-refractivity contribution is -0.133. The Morgan fingerprint density at radius 2 is 2.14 bits per heavy atom. The molecule has 114 valence electrons. The Hall–Kier alpha value is -1.40. The van der Waals surface area contributed by atoms with Crippen molar-refractivity contribution in [3.63, 3.8) is 0 Å². The summed E-state index contributed by atoms with van der Waals surface area (Å²) in [6.07, 6.45) is 6.01. The summed E-state index contributed by atoms with van der Waals surface area (Å²) in [7, 11) is 0. The van der Waals surface area contributed by atoms with Gasteiger partial charge >= 0.3 is 0 Å². The van der Waals surface area contributed by atoms with Crippen LogP contribution in [-0.2, 0) is 9.53 Å². The Morgan fingerprint density at radius 3 is 2.86 bits per heavy atom. The highest BCUT2D eigenvalue weighted by Gasteiger charge is 2.42. The second-order valence-corrected chi connectivity index (χ2v) is 6.86. The third-order valence-electron chi connectivity index (χ3n) is 4.53. The van der Waals surface area contributed by atoms with E-state index < -0.39 is 5.91 Å². The Kier molecular flexibility index (Phi) is 3.99. The van der Waals surface area contributed by atoms with E-state index in [2.05, 4.69) is 5.32 Å². The van der Waals surface area contributed by atoms with Crippen LogP contribution in [0.5, 0.6) is 0 Å². The maximum Gasteiger partial charge on any atom is 0.260 e. The molecule has 2 fully saturated rings. The molecule has 0 radical (unpaired) electrons. The first-order chi connectivity index (χ1) is 10.1. The van der Waals surface area contributed by atoms with Crippen molar-refractivity contribution in [2.75, 3.05) is 11.9 Å². The number of nitrogens with one attached hydrogen (secondary N) is 1. The van der Waals surface area contributed by atoms with Crippen LogP contribution in [0.15, 0.2) is 11.4 Å². The lowest BCUT2D eigenvalue weighted by Gasteiger charge is -2.37. The molecule has 3 rings (SSSR count). The van der Waals surface area contributed by atoms with Gasteiger partial charge in [0.2, 0.25) is 5.91 Å². The van der Waals surface area contributed by atoms with Crippen molar-refractivity contribution in [2.24, 2.45) is 11.7 Å². The predicted octanol–water partition coefficient (Wildman–Crippen LogP) is 2.52. The summed E-state index contributed by atoms with van der Waals surface area (Å²) in [5.41, 5.74) is 5.76. The lowest BCUT2D eigenvalue weighted by atomic mass is 9.84. The fraction of sp³-hybridized carbons (Fsp3) is 0.600. The number of ether oxygens (including phenoxy) is 1. The minimum absolute atomic E-state index is 0.0227. The lowest BCUT2D eigenvalue weighted by Crippen LogP contribution is -2.41. The molecule has 1 atom stereocenters. The van der Waals surface area contributed by atoms with E-state index in [4.69, 9.17) is 10.5 Å². The summed E-state index contributed by atoms with van der Waals surface area (Å²) in [5, 5.41) is 4.63.